The lowest BCUT2D eigenvalue weighted by molar-refractivity contribution is 0.103. The van der Waals surface area contributed by atoms with Gasteiger partial charge in [-0.2, -0.15) is 0 Å². The van der Waals surface area contributed by atoms with Crippen LogP contribution in [-0.2, 0) is 0 Å². The number of fused-ring (bicyclic) bond motifs is 1. The molecule has 0 radical (unpaired) electrons. The number of rotatable bonds is 3. The third-order valence-electron chi connectivity index (χ3n) is 4.01. The molecule has 0 atom stereocenters. The Labute approximate surface area is 140 Å². The molecule has 3 aromatic rings. The Morgan fingerprint density at radius 3 is 2.78 bits per heavy atom. The van der Waals surface area contributed by atoms with Crippen LogP contribution in [0.5, 0.6) is 0 Å². The maximum absolute atomic E-state index is 12.4. The van der Waals surface area contributed by atoms with Crippen molar-refractivity contribution in [1.29, 1.82) is 0 Å². The fraction of sp³-hybridized carbons (Fsp3) is 0.250. The Kier molecular flexibility index (Phi) is 3.66. The van der Waals surface area contributed by atoms with Gasteiger partial charge in [-0.15, -0.1) is 10.2 Å². The lowest BCUT2D eigenvalue weighted by Gasteiger charge is -2.21. The largest absolute Gasteiger partial charge is 0.296 e. The van der Waals surface area contributed by atoms with Gasteiger partial charge in [-0.1, -0.05) is 47.3 Å². The number of anilines is 1. The smallest absolute Gasteiger partial charge is 0.267 e. The van der Waals surface area contributed by atoms with Crippen LogP contribution in [0.3, 0.4) is 0 Å². The van der Waals surface area contributed by atoms with Crippen LogP contribution in [0.4, 0.5) is 5.13 Å². The average Bonchev–Trinajstić information content (AvgIpc) is 2.93. The number of nitrogens with one attached hydrogen (secondary N) is 1. The third kappa shape index (κ3) is 2.77. The van der Waals surface area contributed by atoms with Gasteiger partial charge in [0.2, 0.25) is 9.87 Å². The van der Waals surface area contributed by atoms with Crippen LogP contribution in [0.15, 0.2) is 35.1 Å². The molecule has 5 nitrogen and oxygen atoms in total. The van der Waals surface area contributed by atoms with Crippen LogP contribution < -0.4 is 10.1 Å². The first kappa shape index (κ1) is 14.5. The Morgan fingerprint density at radius 2 is 2.00 bits per heavy atom. The van der Waals surface area contributed by atoms with Crippen molar-refractivity contribution in [3.05, 3.63) is 49.8 Å². The first-order valence-electron chi connectivity index (χ1n) is 7.38. The molecule has 0 bridgehead atoms. The molecular formula is C16H13N3O2S2. The van der Waals surface area contributed by atoms with Crippen LogP contribution in [-0.4, -0.2) is 16.1 Å². The highest BCUT2D eigenvalue weighted by molar-refractivity contribution is 7.15. The van der Waals surface area contributed by atoms with Gasteiger partial charge in [0.05, 0.1) is 4.88 Å². The Hall–Kier alpha value is -2.12. The van der Waals surface area contributed by atoms with E-state index in [0.29, 0.717) is 21.3 Å². The second kappa shape index (κ2) is 5.82. The van der Waals surface area contributed by atoms with Crippen LogP contribution >= 0.6 is 22.7 Å². The summed E-state index contributed by atoms with van der Waals surface area (Å²) in [5, 5.41) is 13.8. The van der Waals surface area contributed by atoms with Crippen LogP contribution in [0, 0.1) is 0 Å². The van der Waals surface area contributed by atoms with Crippen molar-refractivity contribution < 1.29 is 4.79 Å². The summed E-state index contributed by atoms with van der Waals surface area (Å²) in [4.78, 5) is 24.9. The fourth-order valence-electron chi connectivity index (χ4n) is 2.51. The molecule has 0 unspecified atom stereocenters. The highest BCUT2D eigenvalue weighted by Gasteiger charge is 2.24. The molecule has 1 fully saturated rings. The molecule has 1 N–H and O–H groups in total. The molecule has 0 spiro atoms. The third-order valence-corrected chi connectivity index (χ3v) is 5.94. The standard InChI is InChI=1S/C16H13N3O2S2/c20-13(17-16-19-18-14(23-16)9-5-3-6-9)12-8-10-4-1-2-7-11(10)15(21)22-12/h1-2,4,7-9H,3,5-6H2,(H,17,19,20). The highest BCUT2D eigenvalue weighted by atomic mass is 32.1. The summed E-state index contributed by atoms with van der Waals surface area (Å²) in [6.07, 6.45) is 3.53. The fourth-order valence-corrected chi connectivity index (χ4v) is 4.24. The van der Waals surface area contributed by atoms with Gasteiger partial charge in [-0.05, 0) is 30.4 Å². The second-order valence-electron chi connectivity index (χ2n) is 5.51. The Morgan fingerprint density at radius 1 is 1.17 bits per heavy atom. The van der Waals surface area contributed by atoms with E-state index in [1.165, 1.54) is 17.8 Å². The van der Waals surface area contributed by atoms with Gasteiger partial charge in [0, 0.05) is 11.3 Å². The zero-order chi connectivity index (χ0) is 15.8. The van der Waals surface area contributed by atoms with E-state index in [2.05, 4.69) is 15.5 Å². The van der Waals surface area contributed by atoms with E-state index >= 15 is 0 Å². The zero-order valence-corrected chi connectivity index (χ0v) is 13.7. The number of hydrogen-bond donors (Lipinski definition) is 1. The van der Waals surface area contributed by atoms with Crippen molar-refractivity contribution in [1.82, 2.24) is 10.2 Å². The summed E-state index contributed by atoms with van der Waals surface area (Å²) >= 11 is 2.37. The number of benzene rings is 1. The van der Waals surface area contributed by atoms with E-state index in [1.807, 2.05) is 18.2 Å². The van der Waals surface area contributed by atoms with E-state index in [-0.39, 0.29) is 10.6 Å². The molecule has 116 valence electrons. The minimum absolute atomic E-state index is 0.110. The minimum atomic E-state index is -0.311. The first-order chi connectivity index (χ1) is 11.2. The number of aromatic nitrogens is 2. The molecule has 4 rings (SSSR count). The molecule has 2 aromatic heterocycles. The molecule has 1 aromatic carbocycles. The summed E-state index contributed by atoms with van der Waals surface area (Å²) in [6, 6.07) is 9.01. The van der Waals surface area contributed by atoms with E-state index < -0.39 is 0 Å². The SMILES string of the molecule is O=C(Nc1nnc(C2CCC2)s1)c1cc2ccccc2c(=O)s1. The maximum atomic E-state index is 12.4. The molecule has 23 heavy (non-hydrogen) atoms. The second-order valence-corrected chi connectivity index (χ2v) is 7.54. The molecule has 1 aliphatic rings. The van der Waals surface area contributed by atoms with Gasteiger partial charge in [0.1, 0.15) is 5.01 Å². The van der Waals surface area contributed by atoms with Crippen molar-refractivity contribution in [2.75, 3.05) is 5.32 Å². The monoisotopic (exact) mass is 343 g/mol. The minimum Gasteiger partial charge on any atom is -0.296 e. The predicted octanol–water partition coefficient (Wildman–Crippen LogP) is 3.63. The van der Waals surface area contributed by atoms with Crippen molar-refractivity contribution in [3.63, 3.8) is 0 Å². The van der Waals surface area contributed by atoms with Gasteiger partial charge < -0.3 is 0 Å². The predicted molar refractivity (Wildman–Crippen MR) is 92.5 cm³/mol. The number of carbonyl (C=O) groups excluding carboxylic acids is 1. The average molecular weight is 343 g/mol. The van der Waals surface area contributed by atoms with Crippen LogP contribution in [0.1, 0.15) is 39.9 Å². The highest BCUT2D eigenvalue weighted by Crippen LogP contribution is 2.38. The Bertz CT molecular complexity index is 944. The molecule has 0 saturated heterocycles. The molecule has 2 heterocycles. The van der Waals surface area contributed by atoms with Gasteiger partial charge >= 0.3 is 0 Å². The maximum Gasteiger partial charge on any atom is 0.267 e. The molecular weight excluding hydrogens is 330 g/mol. The van der Waals surface area contributed by atoms with E-state index in [0.717, 1.165) is 34.6 Å². The van der Waals surface area contributed by atoms with Gasteiger partial charge in [-0.3, -0.25) is 14.9 Å². The zero-order valence-electron chi connectivity index (χ0n) is 12.1. The topological polar surface area (TPSA) is 72.0 Å². The number of hydrogen-bond acceptors (Lipinski definition) is 6. The number of nitrogens with zero attached hydrogens (tertiary/aromatic N) is 2. The van der Waals surface area contributed by atoms with Crippen molar-refractivity contribution in [2.24, 2.45) is 0 Å². The molecule has 1 aliphatic carbocycles. The van der Waals surface area contributed by atoms with Crippen molar-refractivity contribution in [2.45, 2.75) is 25.2 Å². The normalized spacial score (nSPS) is 14.6. The number of amides is 1. The van der Waals surface area contributed by atoms with Gasteiger partial charge in [-0.25, -0.2) is 0 Å². The van der Waals surface area contributed by atoms with Gasteiger partial charge in [0.15, 0.2) is 0 Å². The first-order valence-corrected chi connectivity index (χ1v) is 9.01. The molecule has 1 saturated carbocycles. The summed E-state index contributed by atoms with van der Waals surface area (Å²) in [5.74, 6) is 0.184. The van der Waals surface area contributed by atoms with Gasteiger partial charge in [0.25, 0.3) is 5.91 Å². The summed E-state index contributed by atoms with van der Waals surface area (Å²) in [7, 11) is 0. The van der Waals surface area contributed by atoms with Crippen LogP contribution in [0.2, 0.25) is 0 Å². The number of carbonyl (C=O) groups is 1. The molecule has 1 amide bonds. The summed E-state index contributed by atoms with van der Waals surface area (Å²) in [6.45, 7) is 0. The lowest BCUT2D eigenvalue weighted by atomic mass is 9.86. The summed E-state index contributed by atoms with van der Waals surface area (Å²) < 4.78 is -0.110. The quantitative estimate of drug-likeness (QED) is 0.788. The van der Waals surface area contributed by atoms with Crippen molar-refractivity contribution >= 4 is 44.5 Å². The van der Waals surface area contributed by atoms with Crippen LogP contribution in [0.25, 0.3) is 10.8 Å². The van der Waals surface area contributed by atoms with E-state index in [4.69, 9.17) is 0 Å². The molecule has 7 heteroatoms. The Balaban J connectivity index is 1.59. The summed E-state index contributed by atoms with van der Waals surface area (Å²) in [5.41, 5.74) is 0. The lowest BCUT2D eigenvalue weighted by Crippen LogP contribution is -2.12. The van der Waals surface area contributed by atoms with Crippen molar-refractivity contribution in [3.8, 4) is 0 Å². The van der Waals surface area contributed by atoms with E-state index in [1.54, 1.807) is 12.1 Å². The van der Waals surface area contributed by atoms with E-state index in [9.17, 15) is 9.59 Å². The molecule has 0 aliphatic heterocycles.